The quantitative estimate of drug-likeness (QED) is 0.668. The summed E-state index contributed by atoms with van der Waals surface area (Å²) in [7, 11) is 0. The number of aromatic hydroxyl groups is 1. The van der Waals surface area contributed by atoms with Gasteiger partial charge in [0.15, 0.2) is 11.6 Å². The molecule has 0 atom stereocenters. The summed E-state index contributed by atoms with van der Waals surface area (Å²) >= 11 is 0. The fourth-order valence-electron chi connectivity index (χ4n) is 2.15. The van der Waals surface area contributed by atoms with E-state index in [2.05, 4.69) is 0 Å². The van der Waals surface area contributed by atoms with E-state index in [-0.39, 0.29) is 5.75 Å². The van der Waals surface area contributed by atoms with Gasteiger partial charge < -0.3 is 5.11 Å². The van der Waals surface area contributed by atoms with Gasteiger partial charge in [-0.05, 0) is 34.0 Å². The number of hydrogen-bond donors (Lipinski definition) is 1. The molecule has 0 spiro atoms. The van der Waals surface area contributed by atoms with E-state index < -0.39 is 5.82 Å². The van der Waals surface area contributed by atoms with Gasteiger partial charge in [-0.2, -0.15) is 0 Å². The molecule has 0 heterocycles. The predicted octanol–water partition coefficient (Wildman–Crippen LogP) is 4.35. The summed E-state index contributed by atoms with van der Waals surface area (Å²) in [5, 5.41) is 11.4. The highest BCUT2D eigenvalue weighted by Crippen LogP contribution is 2.30. The Labute approximate surface area is 104 Å². The van der Waals surface area contributed by atoms with Crippen LogP contribution in [0.4, 0.5) is 4.39 Å². The topological polar surface area (TPSA) is 20.2 Å². The highest BCUT2D eigenvalue weighted by Gasteiger charge is 2.06. The van der Waals surface area contributed by atoms with E-state index in [1.807, 2.05) is 42.5 Å². The van der Waals surface area contributed by atoms with E-state index in [0.717, 1.165) is 21.9 Å². The number of phenolic OH excluding ortho intramolecular Hbond substituents is 1. The highest BCUT2D eigenvalue weighted by molar-refractivity contribution is 5.96. The zero-order valence-electron chi connectivity index (χ0n) is 9.60. The average Bonchev–Trinajstić information content (AvgIpc) is 2.41. The Morgan fingerprint density at radius 2 is 1.61 bits per heavy atom. The van der Waals surface area contributed by atoms with Gasteiger partial charge in [0.25, 0.3) is 0 Å². The van der Waals surface area contributed by atoms with Crippen molar-refractivity contribution in [3.63, 3.8) is 0 Å². The number of phenols is 1. The van der Waals surface area contributed by atoms with Gasteiger partial charge in [0.05, 0.1) is 0 Å². The molecule has 0 aliphatic heterocycles. The first-order valence-corrected chi connectivity index (χ1v) is 5.72. The molecule has 0 unspecified atom stereocenters. The molecule has 0 radical (unpaired) electrons. The lowest BCUT2D eigenvalue weighted by molar-refractivity contribution is 0.432. The van der Waals surface area contributed by atoms with Crippen molar-refractivity contribution in [2.24, 2.45) is 0 Å². The van der Waals surface area contributed by atoms with Crippen LogP contribution in [0.1, 0.15) is 0 Å². The van der Waals surface area contributed by atoms with Gasteiger partial charge >= 0.3 is 0 Å². The molecule has 0 aromatic heterocycles. The lowest BCUT2D eigenvalue weighted by atomic mass is 9.98. The third-order valence-electron chi connectivity index (χ3n) is 3.05. The lowest BCUT2D eigenvalue weighted by Gasteiger charge is -2.07. The molecule has 0 aliphatic carbocycles. The van der Waals surface area contributed by atoms with Gasteiger partial charge in [-0.15, -0.1) is 0 Å². The summed E-state index contributed by atoms with van der Waals surface area (Å²) in [5.74, 6) is -0.917. The van der Waals surface area contributed by atoms with Crippen molar-refractivity contribution in [1.82, 2.24) is 0 Å². The molecular weight excluding hydrogens is 227 g/mol. The zero-order chi connectivity index (χ0) is 12.5. The molecule has 3 aromatic rings. The Morgan fingerprint density at radius 3 is 2.44 bits per heavy atom. The molecular formula is C16H11FO. The normalized spacial score (nSPS) is 10.7. The van der Waals surface area contributed by atoms with Crippen LogP contribution in [0.3, 0.4) is 0 Å². The smallest absolute Gasteiger partial charge is 0.165 e. The maximum Gasteiger partial charge on any atom is 0.165 e. The van der Waals surface area contributed by atoms with E-state index in [1.54, 1.807) is 6.07 Å². The fourth-order valence-corrected chi connectivity index (χ4v) is 2.15. The first kappa shape index (κ1) is 10.8. The molecule has 0 bridgehead atoms. The number of rotatable bonds is 1. The Balaban J connectivity index is 2.28. The summed E-state index contributed by atoms with van der Waals surface area (Å²) in [5.41, 5.74) is 1.73. The molecule has 18 heavy (non-hydrogen) atoms. The maximum absolute atomic E-state index is 13.4. The third kappa shape index (κ3) is 1.72. The van der Waals surface area contributed by atoms with Crippen LogP contribution in [0.5, 0.6) is 5.75 Å². The monoisotopic (exact) mass is 238 g/mol. The largest absolute Gasteiger partial charge is 0.505 e. The maximum atomic E-state index is 13.4. The van der Waals surface area contributed by atoms with Crippen LogP contribution < -0.4 is 0 Å². The minimum atomic E-state index is -0.597. The standard InChI is InChI=1S/C16H11FO/c17-15-10-12(8-9-16(15)18)14-7-3-5-11-4-1-2-6-13(11)14/h1-10,18H. The molecule has 0 fully saturated rings. The van der Waals surface area contributed by atoms with Crippen molar-refractivity contribution in [3.05, 3.63) is 66.5 Å². The molecule has 88 valence electrons. The van der Waals surface area contributed by atoms with Gasteiger partial charge in [-0.1, -0.05) is 48.5 Å². The van der Waals surface area contributed by atoms with Crippen molar-refractivity contribution in [3.8, 4) is 16.9 Å². The number of fused-ring (bicyclic) bond motifs is 1. The van der Waals surface area contributed by atoms with Crippen LogP contribution in [0, 0.1) is 5.82 Å². The SMILES string of the molecule is Oc1ccc(-c2cccc3ccccc23)cc1F. The van der Waals surface area contributed by atoms with Crippen LogP contribution >= 0.6 is 0 Å². The van der Waals surface area contributed by atoms with Crippen molar-refractivity contribution in [1.29, 1.82) is 0 Å². The van der Waals surface area contributed by atoms with Gasteiger partial charge in [0.1, 0.15) is 0 Å². The third-order valence-corrected chi connectivity index (χ3v) is 3.05. The van der Waals surface area contributed by atoms with Crippen LogP contribution in [-0.4, -0.2) is 5.11 Å². The van der Waals surface area contributed by atoms with Crippen molar-refractivity contribution < 1.29 is 9.50 Å². The number of benzene rings is 3. The Morgan fingerprint density at radius 1 is 0.833 bits per heavy atom. The second kappa shape index (κ2) is 4.15. The predicted molar refractivity (Wildman–Crippen MR) is 71.0 cm³/mol. The first-order valence-electron chi connectivity index (χ1n) is 5.72. The van der Waals surface area contributed by atoms with Crippen molar-refractivity contribution in [2.45, 2.75) is 0 Å². The van der Waals surface area contributed by atoms with E-state index in [4.69, 9.17) is 0 Å². The summed E-state index contributed by atoms with van der Waals surface area (Å²) < 4.78 is 13.4. The van der Waals surface area contributed by atoms with Gasteiger partial charge in [-0.3, -0.25) is 0 Å². The van der Waals surface area contributed by atoms with Crippen LogP contribution in [-0.2, 0) is 0 Å². The minimum Gasteiger partial charge on any atom is -0.505 e. The van der Waals surface area contributed by atoms with Crippen LogP contribution in [0.15, 0.2) is 60.7 Å². The first-order chi connectivity index (χ1) is 8.75. The van der Waals surface area contributed by atoms with Crippen LogP contribution in [0.2, 0.25) is 0 Å². The molecule has 1 N–H and O–H groups in total. The molecule has 0 saturated carbocycles. The van der Waals surface area contributed by atoms with Crippen LogP contribution in [0.25, 0.3) is 21.9 Å². The Hall–Kier alpha value is -2.35. The van der Waals surface area contributed by atoms with E-state index in [0.29, 0.717) is 0 Å². The van der Waals surface area contributed by atoms with E-state index in [9.17, 15) is 9.50 Å². The summed E-state index contributed by atoms with van der Waals surface area (Å²) in [6, 6.07) is 18.4. The summed E-state index contributed by atoms with van der Waals surface area (Å²) in [4.78, 5) is 0. The Bertz CT molecular complexity index is 714. The van der Waals surface area contributed by atoms with Crippen molar-refractivity contribution in [2.75, 3.05) is 0 Å². The summed E-state index contributed by atoms with van der Waals surface area (Å²) in [6.07, 6.45) is 0. The molecule has 0 amide bonds. The fraction of sp³-hybridized carbons (Fsp3) is 0. The van der Waals surface area contributed by atoms with Gasteiger partial charge in [-0.25, -0.2) is 4.39 Å². The number of hydrogen-bond acceptors (Lipinski definition) is 1. The van der Waals surface area contributed by atoms with Gasteiger partial charge in [0.2, 0.25) is 0 Å². The highest BCUT2D eigenvalue weighted by atomic mass is 19.1. The molecule has 1 nitrogen and oxygen atoms in total. The Kier molecular flexibility index (Phi) is 2.49. The van der Waals surface area contributed by atoms with E-state index >= 15 is 0 Å². The molecule has 3 aromatic carbocycles. The second-order valence-electron chi connectivity index (χ2n) is 4.19. The molecule has 0 saturated heterocycles. The number of halogens is 1. The van der Waals surface area contributed by atoms with E-state index in [1.165, 1.54) is 12.1 Å². The molecule has 0 aliphatic rings. The molecule has 2 heteroatoms. The zero-order valence-corrected chi connectivity index (χ0v) is 9.60. The minimum absolute atomic E-state index is 0.320. The van der Waals surface area contributed by atoms with Crippen molar-refractivity contribution >= 4 is 10.8 Å². The average molecular weight is 238 g/mol. The lowest BCUT2D eigenvalue weighted by Crippen LogP contribution is -1.83. The molecule has 3 rings (SSSR count). The van der Waals surface area contributed by atoms with Gasteiger partial charge in [0, 0.05) is 0 Å². The summed E-state index contributed by atoms with van der Waals surface area (Å²) in [6.45, 7) is 0. The second-order valence-corrected chi connectivity index (χ2v) is 4.19.